The summed E-state index contributed by atoms with van der Waals surface area (Å²) in [5.41, 5.74) is 2.87. The van der Waals surface area contributed by atoms with Gasteiger partial charge in [0.05, 0.1) is 11.4 Å². The summed E-state index contributed by atoms with van der Waals surface area (Å²) in [5, 5.41) is 6.74. The minimum atomic E-state index is 0.619. The molecular weight excluding hydrogens is 350 g/mol. The first-order chi connectivity index (χ1) is 13.7. The summed E-state index contributed by atoms with van der Waals surface area (Å²) in [6, 6.07) is 11.8. The van der Waals surface area contributed by atoms with Crippen LogP contribution < -0.4 is 10.6 Å². The van der Waals surface area contributed by atoms with Crippen LogP contribution in [0.3, 0.4) is 0 Å². The van der Waals surface area contributed by atoms with Crippen LogP contribution in [0, 0.1) is 0 Å². The molecule has 0 saturated carbocycles. The molecule has 0 atom stereocenters. The van der Waals surface area contributed by atoms with Gasteiger partial charge in [0.15, 0.2) is 0 Å². The molecule has 2 N–H and O–H groups in total. The van der Waals surface area contributed by atoms with Gasteiger partial charge in [-0.3, -0.25) is 9.97 Å². The minimum absolute atomic E-state index is 0.619. The van der Waals surface area contributed by atoms with Crippen LogP contribution in [0.4, 0.5) is 11.8 Å². The fourth-order valence-corrected chi connectivity index (χ4v) is 2.74. The summed E-state index contributed by atoms with van der Waals surface area (Å²) in [4.78, 5) is 19.9. The van der Waals surface area contributed by atoms with Crippen LogP contribution in [-0.2, 0) is 6.42 Å². The third-order valence-corrected chi connectivity index (χ3v) is 4.19. The van der Waals surface area contributed by atoms with Gasteiger partial charge in [0.2, 0.25) is 5.95 Å². The van der Waals surface area contributed by atoms with Crippen molar-refractivity contribution in [2.24, 2.45) is 0 Å². The van der Waals surface area contributed by atoms with E-state index in [0.29, 0.717) is 5.95 Å². The Balaban J connectivity index is 1.69. The predicted octanol–water partition coefficient (Wildman–Crippen LogP) is 2.95. The van der Waals surface area contributed by atoms with E-state index in [1.54, 1.807) is 6.20 Å². The number of pyridine rings is 2. The fraction of sp³-hybridized carbons (Fsp3) is 0.333. The van der Waals surface area contributed by atoms with Crippen LogP contribution in [0.25, 0.3) is 11.4 Å². The molecule has 7 nitrogen and oxygen atoms in total. The van der Waals surface area contributed by atoms with E-state index < -0.39 is 0 Å². The van der Waals surface area contributed by atoms with E-state index >= 15 is 0 Å². The summed E-state index contributed by atoms with van der Waals surface area (Å²) in [5.74, 6) is 1.41. The van der Waals surface area contributed by atoms with Gasteiger partial charge in [-0.15, -0.1) is 0 Å². The minimum Gasteiger partial charge on any atom is -0.370 e. The third-order valence-electron chi connectivity index (χ3n) is 4.19. The maximum absolute atomic E-state index is 4.64. The largest absolute Gasteiger partial charge is 0.370 e. The average Bonchev–Trinajstić information content (AvgIpc) is 2.72. The second-order valence-corrected chi connectivity index (χ2v) is 6.79. The molecule has 7 heteroatoms. The van der Waals surface area contributed by atoms with Gasteiger partial charge in [0.1, 0.15) is 5.82 Å². The van der Waals surface area contributed by atoms with Gasteiger partial charge in [-0.2, -0.15) is 4.98 Å². The van der Waals surface area contributed by atoms with Crippen LogP contribution >= 0.6 is 0 Å². The molecule has 0 radical (unpaired) electrons. The van der Waals surface area contributed by atoms with Gasteiger partial charge >= 0.3 is 0 Å². The molecule has 0 unspecified atom stereocenters. The van der Waals surface area contributed by atoms with Crippen molar-refractivity contribution < 1.29 is 0 Å². The fourth-order valence-electron chi connectivity index (χ4n) is 2.74. The molecule has 3 heterocycles. The van der Waals surface area contributed by atoms with Crippen LogP contribution in [0.15, 0.2) is 55.0 Å². The normalized spacial score (nSPS) is 10.8. The van der Waals surface area contributed by atoms with E-state index in [1.807, 2.05) is 48.8 Å². The molecule has 0 bridgehead atoms. The molecule has 3 rings (SSSR count). The van der Waals surface area contributed by atoms with Crippen molar-refractivity contribution in [3.8, 4) is 11.4 Å². The van der Waals surface area contributed by atoms with Gasteiger partial charge in [-0.05, 0) is 63.3 Å². The van der Waals surface area contributed by atoms with Gasteiger partial charge in [0, 0.05) is 37.7 Å². The van der Waals surface area contributed by atoms with Crippen molar-refractivity contribution in [3.05, 3.63) is 60.6 Å². The number of nitrogens with one attached hydrogen (secondary N) is 2. The maximum Gasteiger partial charge on any atom is 0.225 e. The van der Waals surface area contributed by atoms with Gasteiger partial charge in [-0.1, -0.05) is 6.07 Å². The van der Waals surface area contributed by atoms with Crippen LogP contribution in [-0.4, -0.2) is 58.6 Å². The van der Waals surface area contributed by atoms with Crippen molar-refractivity contribution >= 4 is 11.8 Å². The number of nitrogens with zero attached hydrogens (tertiary/aromatic N) is 5. The number of hydrogen-bond acceptors (Lipinski definition) is 7. The summed E-state index contributed by atoms with van der Waals surface area (Å²) in [6.45, 7) is 2.62. The molecule has 0 aliphatic rings. The molecule has 0 amide bonds. The van der Waals surface area contributed by atoms with E-state index in [-0.39, 0.29) is 0 Å². The average molecular weight is 377 g/mol. The van der Waals surface area contributed by atoms with Crippen LogP contribution in [0.1, 0.15) is 12.0 Å². The van der Waals surface area contributed by atoms with E-state index in [9.17, 15) is 0 Å². The Morgan fingerprint density at radius 3 is 2.50 bits per heavy atom. The zero-order valence-corrected chi connectivity index (χ0v) is 16.5. The molecule has 3 aromatic rings. The molecule has 0 aliphatic carbocycles. The number of hydrogen-bond donors (Lipinski definition) is 2. The lowest BCUT2D eigenvalue weighted by atomic mass is 10.2. The van der Waals surface area contributed by atoms with Crippen molar-refractivity contribution in [2.75, 3.05) is 44.4 Å². The van der Waals surface area contributed by atoms with E-state index in [2.05, 4.69) is 49.6 Å². The van der Waals surface area contributed by atoms with Crippen molar-refractivity contribution in [2.45, 2.75) is 12.8 Å². The lowest BCUT2D eigenvalue weighted by molar-refractivity contribution is 0.405. The maximum atomic E-state index is 4.64. The highest BCUT2D eigenvalue weighted by Gasteiger charge is 2.08. The second kappa shape index (κ2) is 10.3. The summed E-state index contributed by atoms with van der Waals surface area (Å²) in [6.07, 6.45) is 7.33. The van der Waals surface area contributed by atoms with E-state index in [0.717, 1.165) is 49.7 Å². The van der Waals surface area contributed by atoms with Crippen molar-refractivity contribution in [1.29, 1.82) is 0 Å². The zero-order chi connectivity index (χ0) is 19.6. The Morgan fingerprint density at radius 2 is 1.75 bits per heavy atom. The molecule has 0 saturated heterocycles. The van der Waals surface area contributed by atoms with Gasteiger partial charge in [-0.25, -0.2) is 4.98 Å². The first kappa shape index (κ1) is 19.7. The highest BCUT2D eigenvalue weighted by atomic mass is 15.1. The standard InChI is InChI=1S/C21H27N7/c1-28(2)15-5-11-25-21-26-19(18-6-3-4-10-23-18)16-20(27-21)24-14-9-17-7-12-22-13-8-17/h3-4,6-8,10,12-13,16H,5,9,11,14-15H2,1-2H3,(H2,24,25,26,27). The summed E-state index contributed by atoms with van der Waals surface area (Å²) in [7, 11) is 4.14. The Bertz CT molecular complexity index is 838. The van der Waals surface area contributed by atoms with Crippen LogP contribution in [0.2, 0.25) is 0 Å². The number of anilines is 2. The Morgan fingerprint density at radius 1 is 0.893 bits per heavy atom. The summed E-state index contributed by atoms with van der Waals surface area (Å²) < 4.78 is 0. The highest BCUT2D eigenvalue weighted by Crippen LogP contribution is 2.19. The van der Waals surface area contributed by atoms with E-state index in [1.165, 1.54) is 5.56 Å². The molecule has 146 valence electrons. The predicted molar refractivity (Wildman–Crippen MR) is 113 cm³/mol. The van der Waals surface area contributed by atoms with E-state index in [4.69, 9.17) is 0 Å². The van der Waals surface area contributed by atoms with Gasteiger partial charge < -0.3 is 15.5 Å². The highest BCUT2D eigenvalue weighted by molar-refractivity contribution is 5.60. The zero-order valence-electron chi connectivity index (χ0n) is 16.5. The Kier molecular flexibility index (Phi) is 7.26. The Hall–Kier alpha value is -3.06. The molecule has 0 spiro atoms. The van der Waals surface area contributed by atoms with Crippen molar-refractivity contribution in [1.82, 2.24) is 24.8 Å². The molecule has 28 heavy (non-hydrogen) atoms. The number of aromatic nitrogens is 4. The lowest BCUT2D eigenvalue weighted by Crippen LogP contribution is -2.17. The number of rotatable bonds is 10. The molecular formula is C21H27N7. The van der Waals surface area contributed by atoms with Crippen LogP contribution in [0.5, 0.6) is 0 Å². The quantitative estimate of drug-likeness (QED) is 0.526. The topological polar surface area (TPSA) is 78.9 Å². The molecule has 0 fully saturated rings. The summed E-state index contributed by atoms with van der Waals surface area (Å²) >= 11 is 0. The first-order valence-electron chi connectivity index (χ1n) is 9.52. The smallest absolute Gasteiger partial charge is 0.225 e. The lowest BCUT2D eigenvalue weighted by Gasteiger charge is -2.12. The monoisotopic (exact) mass is 377 g/mol. The van der Waals surface area contributed by atoms with Gasteiger partial charge in [0.25, 0.3) is 0 Å². The second-order valence-electron chi connectivity index (χ2n) is 6.79. The van der Waals surface area contributed by atoms with Crippen molar-refractivity contribution in [3.63, 3.8) is 0 Å². The SMILES string of the molecule is CN(C)CCCNc1nc(NCCc2ccncc2)cc(-c2ccccn2)n1. The molecule has 3 aromatic heterocycles. The first-order valence-corrected chi connectivity index (χ1v) is 9.52. The Labute approximate surface area is 166 Å². The third kappa shape index (κ3) is 6.28. The molecule has 0 aromatic carbocycles. The molecule has 0 aliphatic heterocycles.